The molecule has 28 heavy (non-hydrogen) atoms. The number of benzene rings is 2. The van der Waals surface area contributed by atoms with Crippen LogP contribution in [-0.2, 0) is 4.79 Å². The molecule has 0 unspecified atom stereocenters. The third kappa shape index (κ3) is 3.01. The maximum absolute atomic E-state index is 15.3. The minimum Gasteiger partial charge on any atom is -0.507 e. The predicted molar refractivity (Wildman–Crippen MR) is 104 cm³/mol. The van der Waals surface area contributed by atoms with Crippen molar-refractivity contribution in [3.8, 4) is 16.9 Å². The van der Waals surface area contributed by atoms with Crippen LogP contribution in [0, 0.1) is 11.6 Å². The van der Waals surface area contributed by atoms with Crippen LogP contribution < -0.4 is 4.90 Å². The molecule has 1 N–H and O–H groups in total. The highest BCUT2D eigenvalue weighted by atomic mass is 35.5. The summed E-state index contributed by atoms with van der Waals surface area (Å²) >= 11 is 6.32. The molecule has 0 bridgehead atoms. The third-order valence-corrected chi connectivity index (χ3v) is 5.25. The number of fused-ring (bicyclic) bond motifs is 1. The summed E-state index contributed by atoms with van der Waals surface area (Å²) in [4.78, 5) is 18.7. The molecule has 1 aromatic heterocycles. The van der Waals surface area contributed by atoms with E-state index in [0.29, 0.717) is 31.6 Å². The Morgan fingerprint density at radius 3 is 2.54 bits per heavy atom. The highest BCUT2D eigenvalue weighted by molar-refractivity contribution is 6.34. The van der Waals surface area contributed by atoms with E-state index in [-0.39, 0.29) is 21.7 Å². The summed E-state index contributed by atoms with van der Waals surface area (Å²) in [7, 11) is 0. The van der Waals surface area contributed by atoms with Crippen molar-refractivity contribution in [2.24, 2.45) is 0 Å². The van der Waals surface area contributed by atoms with Crippen molar-refractivity contribution < 1.29 is 18.7 Å². The summed E-state index contributed by atoms with van der Waals surface area (Å²) in [6.45, 7) is 2.30. The number of phenols is 1. The highest BCUT2D eigenvalue weighted by Gasteiger charge is 2.24. The Labute approximate surface area is 164 Å². The van der Waals surface area contributed by atoms with Crippen LogP contribution in [0.1, 0.15) is 0 Å². The van der Waals surface area contributed by atoms with E-state index in [9.17, 15) is 14.3 Å². The molecule has 1 fully saturated rings. The summed E-state index contributed by atoms with van der Waals surface area (Å²) in [6.07, 6.45) is 2.29. The molecule has 2 heterocycles. The number of aromatic nitrogens is 1. The van der Waals surface area contributed by atoms with E-state index in [2.05, 4.69) is 4.98 Å². The molecule has 1 aliphatic heterocycles. The second kappa shape index (κ2) is 7.24. The number of hydrogen-bond acceptors (Lipinski definition) is 4. The van der Waals surface area contributed by atoms with Crippen molar-refractivity contribution >= 4 is 34.6 Å². The first-order valence-electron chi connectivity index (χ1n) is 8.70. The Hall–Kier alpha value is -2.93. The lowest BCUT2D eigenvalue weighted by atomic mass is 10.00. The fourth-order valence-electron chi connectivity index (χ4n) is 3.54. The van der Waals surface area contributed by atoms with Crippen LogP contribution >= 0.6 is 11.6 Å². The van der Waals surface area contributed by atoms with Gasteiger partial charge in [-0.1, -0.05) is 17.7 Å². The van der Waals surface area contributed by atoms with Gasteiger partial charge in [-0.15, -0.1) is 0 Å². The first-order chi connectivity index (χ1) is 13.5. The van der Waals surface area contributed by atoms with Gasteiger partial charge >= 0.3 is 0 Å². The van der Waals surface area contributed by atoms with E-state index < -0.39 is 17.4 Å². The molecule has 0 saturated carbocycles. The van der Waals surface area contributed by atoms with E-state index in [1.807, 2.05) is 4.90 Å². The third-order valence-electron chi connectivity index (χ3n) is 4.95. The van der Waals surface area contributed by atoms with Gasteiger partial charge in [0.2, 0.25) is 6.41 Å². The first kappa shape index (κ1) is 18.4. The molecule has 144 valence electrons. The molecule has 1 amide bonds. The summed E-state index contributed by atoms with van der Waals surface area (Å²) in [5.41, 5.74) is 0.261. The normalized spacial score (nSPS) is 14.5. The number of nitrogens with zero attached hydrogens (tertiary/aromatic N) is 3. The maximum atomic E-state index is 15.3. The average Bonchev–Trinajstić information content (AvgIpc) is 2.70. The molecule has 1 saturated heterocycles. The van der Waals surface area contributed by atoms with Crippen LogP contribution in [0.5, 0.6) is 5.75 Å². The van der Waals surface area contributed by atoms with E-state index in [1.54, 1.807) is 11.0 Å². The Morgan fingerprint density at radius 1 is 1.11 bits per heavy atom. The Balaban J connectivity index is 1.87. The summed E-state index contributed by atoms with van der Waals surface area (Å²) in [5.74, 6) is -1.97. The van der Waals surface area contributed by atoms with Crippen molar-refractivity contribution in [1.29, 1.82) is 0 Å². The van der Waals surface area contributed by atoms with E-state index >= 15 is 4.39 Å². The molecule has 1 aliphatic rings. The molecule has 8 heteroatoms. The second-order valence-corrected chi connectivity index (χ2v) is 6.94. The lowest BCUT2D eigenvalue weighted by molar-refractivity contribution is -0.118. The standard InChI is InChI=1S/C20H16ClF2N3O2/c21-13-10-12-15(26-8-6-25(11-27)7-9-26)4-5-24-20(12)19(23)17(13)18-14(22)2-1-3-16(18)28/h1-5,10-11,28H,6-9H2. The SMILES string of the molecule is O=CN1CCN(c2ccnc3c(F)c(-c4c(O)cccc4F)c(Cl)cc23)CC1. The molecule has 3 aromatic rings. The largest absolute Gasteiger partial charge is 0.507 e. The molecular weight excluding hydrogens is 388 g/mol. The lowest BCUT2D eigenvalue weighted by Crippen LogP contribution is -2.45. The van der Waals surface area contributed by atoms with E-state index in [1.165, 1.54) is 24.4 Å². The van der Waals surface area contributed by atoms with E-state index in [4.69, 9.17) is 11.6 Å². The van der Waals surface area contributed by atoms with E-state index in [0.717, 1.165) is 18.2 Å². The Kier molecular flexibility index (Phi) is 4.77. The minimum absolute atomic E-state index is 0.0221. The van der Waals surface area contributed by atoms with Crippen molar-refractivity contribution in [2.45, 2.75) is 0 Å². The van der Waals surface area contributed by atoms with Gasteiger partial charge in [-0.05, 0) is 24.3 Å². The van der Waals surface area contributed by atoms with Crippen molar-refractivity contribution in [3.05, 3.63) is 53.2 Å². The summed E-state index contributed by atoms with van der Waals surface area (Å²) in [6, 6.07) is 7.03. The molecule has 0 aliphatic carbocycles. The zero-order valence-corrected chi connectivity index (χ0v) is 15.5. The topological polar surface area (TPSA) is 56.7 Å². The Morgan fingerprint density at radius 2 is 1.86 bits per heavy atom. The number of amides is 1. The van der Waals surface area contributed by atoms with Gasteiger partial charge in [0.1, 0.15) is 17.1 Å². The van der Waals surface area contributed by atoms with Crippen LogP contribution in [0.4, 0.5) is 14.5 Å². The summed E-state index contributed by atoms with van der Waals surface area (Å²) in [5, 5.41) is 10.5. The van der Waals surface area contributed by atoms with Crippen LogP contribution in [0.15, 0.2) is 36.5 Å². The molecular formula is C20H16ClF2N3O2. The Bertz CT molecular complexity index is 1050. The van der Waals surface area contributed by atoms with Crippen molar-refractivity contribution in [3.63, 3.8) is 0 Å². The van der Waals surface area contributed by atoms with Crippen LogP contribution in [0.25, 0.3) is 22.0 Å². The summed E-state index contributed by atoms with van der Waals surface area (Å²) < 4.78 is 29.6. The highest BCUT2D eigenvalue weighted by Crippen LogP contribution is 2.42. The monoisotopic (exact) mass is 403 g/mol. The molecule has 5 nitrogen and oxygen atoms in total. The number of aromatic hydroxyl groups is 1. The van der Waals surface area contributed by atoms with Gasteiger partial charge in [-0.2, -0.15) is 0 Å². The number of anilines is 1. The lowest BCUT2D eigenvalue weighted by Gasteiger charge is -2.34. The minimum atomic E-state index is -0.795. The molecule has 0 spiro atoms. The van der Waals surface area contributed by atoms with Gasteiger partial charge in [0.25, 0.3) is 0 Å². The molecule has 0 atom stereocenters. The fraction of sp³-hybridized carbons (Fsp3) is 0.200. The van der Waals surface area contributed by atoms with Gasteiger partial charge < -0.3 is 14.9 Å². The van der Waals surface area contributed by atoms with Crippen LogP contribution in [-0.4, -0.2) is 47.6 Å². The van der Waals surface area contributed by atoms with Crippen LogP contribution in [0.3, 0.4) is 0 Å². The molecule has 4 rings (SSSR count). The predicted octanol–water partition coefficient (Wildman–Crippen LogP) is 3.82. The average molecular weight is 404 g/mol. The number of phenolic OH excluding ortho intramolecular Hbond substituents is 1. The fourth-order valence-corrected chi connectivity index (χ4v) is 3.82. The smallest absolute Gasteiger partial charge is 0.209 e. The first-order valence-corrected chi connectivity index (χ1v) is 9.08. The van der Waals surface area contributed by atoms with Gasteiger partial charge in [0, 0.05) is 49.0 Å². The van der Waals surface area contributed by atoms with Crippen LogP contribution in [0.2, 0.25) is 5.02 Å². The molecule has 0 radical (unpaired) electrons. The quantitative estimate of drug-likeness (QED) is 0.675. The zero-order valence-electron chi connectivity index (χ0n) is 14.7. The zero-order chi connectivity index (χ0) is 19.8. The number of carbonyl (C=O) groups excluding carboxylic acids is 1. The number of piperazine rings is 1. The van der Waals surface area contributed by atoms with Gasteiger partial charge in [0.15, 0.2) is 5.82 Å². The molecule has 2 aromatic carbocycles. The number of halogens is 3. The van der Waals surface area contributed by atoms with Gasteiger partial charge in [-0.3, -0.25) is 9.78 Å². The van der Waals surface area contributed by atoms with Gasteiger partial charge in [0.05, 0.1) is 10.6 Å². The second-order valence-electron chi connectivity index (χ2n) is 6.54. The van der Waals surface area contributed by atoms with Crippen molar-refractivity contribution in [1.82, 2.24) is 9.88 Å². The van der Waals surface area contributed by atoms with Gasteiger partial charge in [-0.25, -0.2) is 8.78 Å². The maximum Gasteiger partial charge on any atom is 0.209 e. The number of hydrogen-bond donors (Lipinski definition) is 1. The van der Waals surface area contributed by atoms with Crippen molar-refractivity contribution in [2.75, 3.05) is 31.1 Å². The number of pyridine rings is 1. The number of carbonyl (C=O) groups is 1. The number of rotatable bonds is 3.